The van der Waals surface area contributed by atoms with E-state index in [4.69, 9.17) is 4.98 Å². The number of piperazine rings is 1. The van der Waals surface area contributed by atoms with Crippen molar-refractivity contribution in [3.8, 4) is 11.4 Å². The number of hydrogen-bond acceptors (Lipinski definition) is 3. The summed E-state index contributed by atoms with van der Waals surface area (Å²) >= 11 is 0. The zero-order valence-electron chi connectivity index (χ0n) is 19.5. The van der Waals surface area contributed by atoms with Gasteiger partial charge in [-0.25, -0.2) is 4.98 Å². The van der Waals surface area contributed by atoms with Gasteiger partial charge < -0.3 is 4.98 Å². The van der Waals surface area contributed by atoms with Gasteiger partial charge in [-0.2, -0.15) is 0 Å². The van der Waals surface area contributed by atoms with E-state index in [0.29, 0.717) is 6.04 Å². The summed E-state index contributed by atoms with van der Waals surface area (Å²) in [5.41, 5.74) is 7.49. The second kappa shape index (κ2) is 9.74. The molecule has 0 amide bonds. The van der Waals surface area contributed by atoms with Crippen LogP contribution in [0.4, 0.5) is 0 Å². The summed E-state index contributed by atoms with van der Waals surface area (Å²) in [6, 6.07) is 30.5. The van der Waals surface area contributed by atoms with E-state index >= 15 is 0 Å². The van der Waals surface area contributed by atoms with Crippen LogP contribution < -0.4 is 0 Å². The van der Waals surface area contributed by atoms with Crippen LogP contribution in [0.25, 0.3) is 11.4 Å². The number of nitrogens with zero attached hydrogens (tertiary/aromatic N) is 3. The van der Waals surface area contributed by atoms with Gasteiger partial charge in [0.15, 0.2) is 0 Å². The lowest BCUT2D eigenvalue weighted by molar-refractivity contribution is 0.104. The van der Waals surface area contributed by atoms with E-state index in [0.717, 1.165) is 44.2 Å². The van der Waals surface area contributed by atoms with Gasteiger partial charge >= 0.3 is 0 Å². The van der Waals surface area contributed by atoms with Gasteiger partial charge in [0, 0.05) is 44.0 Å². The van der Waals surface area contributed by atoms with Crippen molar-refractivity contribution in [3.05, 3.63) is 113 Å². The summed E-state index contributed by atoms with van der Waals surface area (Å²) in [5, 5.41) is 0. The number of hydrogen-bond donors (Lipinski definition) is 1. The van der Waals surface area contributed by atoms with Gasteiger partial charge in [-0.3, -0.25) is 9.80 Å². The third-order valence-corrected chi connectivity index (χ3v) is 6.76. The fourth-order valence-corrected chi connectivity index (χ4v) is 4.89. The predicted molar refractivity (Wildman–Crippen MR) is 135 cm³/mol. The fraction of sp³-hybridized carbons (Fsp3) is 0.276. The van der Waals surface area contributed by atoms with Crippen molar-refractivity contribution >= 4 is 0 Å². The number of benzene rings is 3. The van der Waals surface area contributed by atoms with Crippen LogP contribution in [0.1, 0.15) is 34.1 Å². The zero-order valence-corrected chi connectivity index (χ0v) is 19.5. The summed E-state index contributed by atoms with van der Waals surface area (Å²) in [5.74, 6) is 0.979. The Bertz CT molecular complexity index is 1140. The first kappa shape index (κ1) is 21.6. The number of H-pyrrole nitrogens is 1. The highest BCUT2D eigenvalue weighted by Crippen LogP contribution is 2.30. The van der Waals surface area contributed by atoms with Gasteiger partial charge in [0.2, 0.25) is 0 Å². The molecule has 0 atom stereocenters. The van der Waals surface area contributed by atoms with E-state index in [2.05, 4.69) is 114 Å². The molecule has 0 bridgehead atoms. The van der Waals surface area contributed by atoms with Crippen LogP contribution in [0.15, 0.2) is 84.9 Å². The van der Waals surface area contributed by atoms with Crippen molar-refractivity contribution in [2.45, 2.75) is 26.4 Å². The topological polar surface area (TPSA) is 35.2 Å². The van der Waals surface area contributed by atoms with Crippen LogP contribution >= 0.6 is 0 Å². The van der Waals surface area contributed by atoms with Crippen molar-refractivity contribution in [2.24, 2.45) is 0 Å². The molecular formula is C29H32N4. The Hall–Kier alpha value is -3.21. The van der Waals surface area contributed by atoms with Crippen LogP contribution in [0, 0.1) is 13.8 Å². The third-order valence-electron chi connectivity index (χ3n) is 6.76. The molecule has 1 aliphatic rings. The van der Waals surface area contributed by atoms with Crippen LogP contribution in [-0.2, 0) is 6.54 Å². The molecule has 168 valence electrons. The van der Waals surface area contributed by atoms with Crippen molar-refractivity contribution in [1.29, 1.82) is 0 Å². The van der Waals surface area contributed by atoms with Gasteiger partial charge in [-0.15, -0.1) is 0 Å². The van der Waals surface area contributed by atoms with Crippen molar-refractivity contribution < 1.29 is 0 Å². The van der Waals surface area contributed by atoms with E-state index in [9.17, 15) is 0 Å². The number of aromatic nitrogens is 2. The van der Waals surface area contributed by atoms with E-state index in [1.165, 1.54) is 27.9 Å². The molecule has 3 aromatic carbocycles. The molecule has 4 heteroatoms. The quantitative estimate of drug-likeness (QED) is 0.427. The predicted octanol–water partition coefficient (Wildman–Crippen LogP) is 5.60. The maximum absolute atomic E-state index is 4.97. The molecule has 1 N–H and O–H groups in total. The summed E-state index contributed by atoms with van der Waals surface area (Å²) in [4.78, 5) is 13.6. The molecule has 0 spiro atoms. The second-order valence-electron chi connectivity index (χ2n) is 9.01. The third kappa shape index (κ3) is 4.77. The van der Waals surface area contributed by atoms with E-state index < -0.39 is 0 Å². The van der Waals surface area contributed by atoms with Crippen molar-refractivity contribution in [2.75, 3.05) is 26.2 Å². The van der Waals surface area contributed by atoms with Crippen LogP contribution in [0.5, 0.6) is 0 Å². The van der Waals surface area contributed by atoms with Gasteiger partial charge in [0.1, 0.15) is 5.82 Å². The summed E-state index contributed by atoms with van der Waals surface area (Å²) in [7, 11) is 0. The standard InChI is InChI=1S/C29H32N4/c1-22-11-9-10-16-26(22)29-30-23(2)27(31-29)21-32-17-19-33(20-18-32)28(24-12-5-3-6-13-24)25-14-7-4-8-15-25/h3-16,28H,17-21H2,1-2H3,(H,30,31). The molecule has 33 heavy (non-hydrogen) atoms. The number of aromatic amines is 1. The molecule has 1 aromatic heterocycles. The largest absolute Gasteiger partial charge is 0.342 e. The lowest BCUT2D eigenvalue weighted by Gasteiger charge is -2.39. The normalized spacial score (nSPS) is 15.2. The van der Waals surface area contributed by atoms with Gasteiger partial charge in [-0.1, -0.05) is 84.9 Å². The summed E-state index contributed by atoms with van der Waals surface area (Å²) in [6.07, 6.45) is 0. The Morgan fingerprint density at radius 3 is 1.94 bits per heavy atom. The number of nitrogens with one attached hydrogen (secondary N) is 1. The molecule has 2 heterocycles. The lowest BCUT2D eigenvalue weighted by atomic mass is 9.96. The van der Waals surface area contributed by atoms with Crippen molar-refractivity contribution in [1.82, 2.24) is 19.8 Å². The lowest BCUT2D eigenvalue weighted by Crippen LogP contribution is -2.47. The summed E-state index contributed by atoms with van der Waals surface area (Å²) < 4.78 is 0. The average molecular weight is 437 g/mol. The minimum absolute atomic E-state index is 0.300. The first-order valence-corrected chi connectivity index (χ1v) is 11.9. The fourth-order valence-electron chi connectivity index (χ4n) is 4.89. The SMILES string of the molecule is Cc1ccccc1-c1nc(CN2CCN(C(c3ccccc3)c3ccccc3)CC2)c(C)[nH]1. The van der Waals surface area contributed by atoms with Gasteiger partial charge in [0.25, 0.3) is 0 Å². The first-order valence-electron chi connectivity index (χ1n) is 11.9. The van der Waals surface area contributed by atoms with Crippen LogP contribution in [0.2, 0.25) is 0 Å². The van der Waals surface area contributed by atoms with Crippen LogP contribution in [0.3, 0.4) is 0 Å². The Morgan fingerprint density at radius 1 is 0.758 bits per heavy atom. The number of aryl methyl sites for hydroxylation is 2. The van der Waals surface area contributed by atoms with Gasteiger partial charge in [-0.05, 0) is 30.5 Å². The minimum Gasteiger partial charge on any atom is -0.342 e. The van der Waals surface area contributed by atoms with E-state index in [1.54, 1.807) is 0 Å². The second-order valence-corrected chi connectivity index (χ2v) is 9.01. The molecule has 0 aliphatic carbocycles. The first-order chi connectivity index (χ1) is 16.2. The van der Waals surface area contributed by atoms with Crippen molar-refractivity contribution in [3.63, 3.8) is 0 Å². The highest BCUT2D eigenvalue weighted by atomic mass is 15.3. The molecule has 1 saturated heterocycles. The molecule has 4 aromatic rings. The highest BCUT2D eigenvalue weighted by molar-refractivity contribution is 5.60. The molecule has 4 nitrogen and oxygen atoms in total. The highest BCUT2D eigenvalue weighted by Gasteiger charge is 2.27. The Morgan fingerprint density at radius 2 is 1.33 bits per heavy atom. The van der Waals surface area contributed by atoms with Crippen LogP contribution in [-0.4, -0.2) is 45.9 Å². The average Bonchev–Trinajstić information content (AvgIpc) is 3.22. The molecule has 1 fully saturated rings. The molecule has 0 unspecified atom stereocenters. The maximum Gasteiger partial charge on any atom is 0.138 e. The molecule has 1 aliphatic heterocycles. The molecule has 5 rings (SSSR count). The summed E-state index contributed by atoms with van der Waals surface area (Å²) in [6.45, 7) is 9.35. The maximum atomic E-state index is 4.97. The smallest absolute Gasteiger partial charge is 0.138 e. The monoisotopic (exact) mass is 436 g/mol. The Balaban J connectivity index is 1.29. The van der Waals surface area contributed by atoms with Gasteiger partial charge in [0.05, 0.1) is 11.7 Å². The molecule has 0 saturated carbocycles. The zero-order chi connectivity index (χ0) is 22.6. The minimum atomic E-state index is 0.300. The number of rotatable bonds is 6. The Kier molecular flexibility index (Phi) is 6.38. The molecule has 0 radical (unpaired) electrons. The van der Waals surface area contributed by atoms with E-state index in [1.807, 2.05) is 0 Å². The molecular weight excluding hydrogens is 404 g/mol. The van der Waals surface area contributed by atoms with E-state index in [-0.39, 0.29) is 0 Å². The number of imidazole rings is 1. The Labute approximate surface area is 196 Å².